The molecule has 0 spiro atoms. The smallest absolute Gasteiger partial charge is 0.272 e. The van der Waals surface area contributed by atoms with Crippen LogP contribution < -0.4 is 0 Å². The van der Waals surface area contributed by atoms with E-state index in [1.807, 2.05) is 25.1 Å². The van der Waals surface area contributed by atoms with Gasteiger partial charge in [0.25, 0.3) is 5.69 Å². The molecule has 5 heteroatoms. The van der Waals surface area contributed by atoms with Gasteiger partial charge in [0, 0.05) is 22.5 Å². The summed E-state index contributed by atoms with van der Waals surface area (Å²) in [5.74, 6) is 0. The molecule has 0 fully saturated rings. The number of aliphatic hydroxyl groups is 1. The quantitative estimate of drug-likeness (QED) is 0.679. The molecule has 20 heavy (non-hydrogen) atoms. The normalized spacial score (nSPS) is 12.2. The summed E-state index contributed by atoms with van der Waals surface area (Å²) in [5, 5.41) is 21.3. The largest absolute Gasteiger partial charge is 0.388 e. The van der Waals surface area contributed by atoms with Gasteiger partial charge in [0.1, 0.15) is 0 Å². The van der Waals surface area contributed by atoms with Gasteiger partial charge < -0.3 is 5.11 Å². The molecule has 0 radical (unpaired) electrons. The number of nitrogens with zero attached hydrogens (tertiary/aromatic N) is 1. The molecule has 104 valence electrons. The lowest BCUT2D eigenvalue weighted by atomic mass is 9.99. The van der Waals surface area contributed by atoms with Gasteiger partial charge in [-0.25, -0.2) is 0 Å². The van der Waals surface area contributed by atoms with Crippen molar-refractivity contribution in [3.63, 3.8) is 0 Å². The van der Waals surface area contributed by atoms with Crippen LogP contribution in [-0.4, -0.2) is 10.0 Å². The summed E-state index contributed by atoms with van der Waals surface area (Å²) in [5.41, 5.74) is 2.37. The summed E-state index contributed by atoms with van der Waals surface area (Å²) in [6.45, 7) is 1.96. The number of hydrogen-bond acceptors (Lipinski definition) is 3. The first kappa shape index (κ1) is 14.7. The van der Waals surface area contributed by atoms with Crippen LogP contribution in [0.15, 0.2) is 46.9 Å². The van der Waals surface area contributed by atoms with Crippen molar-refractivity contribution < 1.29 is 10.0 Å². The fraction of sp³-hybridized carbons (Fsp3) is 0.200. The zero-order valence-electron chi connectivity index (χ0n) is 10.9. The Hall–Kier alpha value is -1.72. The molecule has 0 saturated heterocycles. The third kappa shape index (κ3) is 3.23. The second-order valence-electron chi connectivity index (χ2n) is 4.63. The first-order chi connectivity index (χ1) is 9.49. The molecule has 0 aromatic heterocycles. The van der Waals surface area contributed by atoms with E-state index < -0.39 is 11.0 Å². The third-order valence-corrected chi connectivity index (χ3v) is 3.80. The number of hydrogen-bond donors (Lipinski definition) is 1. The van der Waals surface area contributed by atoms with Crippen molar-refractivity contribution in [2.24, 2.45) is 0 Å². The fourth-order valence-corrected chi connectivity index (χ4v) is 2.84. The number of aryl methyl sites for hydroxylation is 1. The molecule has 0 amide bonds. The second kappa shape index (κ2) is 6.15. The van der Waals surface area contributed by atoms with E-state index in [0.717, 1.165) is 15.6 Å². The molecule has 1 N–H and O–H groups in total. The molecule has 0 aliphatic carbocycles. The molecule has 0 saturated carbocycles. The van der Waals surface area contributed by atoms with Gasteiger partial charge in [-0.3, -0.25) is 10.1 Å². The Balaban J connectivity index is 2.28. The van der Waals surface area contributed by atoms with Gasteiger partial charge in [-0.15, -0.1) is 0 Å². The average molecular weight is 336 g/mol. The van der Waals surface area contributed by atoms with Crippen molar-refractivity contribution in [1.29, 1.82) is 0 Å². The first-order valence-corrected chi connectivity index (χ1v) is 6.94. The van der Waals surface area contributed by atoms with Crippen LogP contribution >= 0.6 is 15.9 Å². The fourth-order valence-electron chi connectivity index (χ4n) is 2.08. The van der Waals surface area contributed by atoms with E-state index in [0.29, 0.717) is 5.56 Å². The predicted octanol–water partition coefficient (Wildman–Crippen LogP) is 3.94. The van der Waals surface area contributed by atoms with Gasteiger partial charge in [-0.1, -0.05) is 46.3 Å². The molecule has 1 atom stereocenters. The predicted molar refractivity (Wildman–Crippen MR) is 80.6 cm³/mol. The van der Waals surface area contributed by atoms with Gasteiger partial charge in [-0.05, 0) is 24.1 Å². The molecule has 0 aliphatic rings. The van der Waals surface area contributed by atoms with Gasteiger partial charge in [-0.2, -0.15) is 0 Å². The van der Waals surface area contributed by atoms with Gasteiger partial charge in [0.05, 0.1) is 11.0 Å². The van der Waals surface area contributed by atoms with E-state index in [2.05, 4.69) is 15.9 Å². The van der Waals surface area contributed by atoms with Crippen LogP contribution in [0.3, 0.4) is 0 Å². The highest BCUT2D eigenvalue weighted by Crippen LogP contribution is 2.29. The standard InChI is InChI=1S/C15H14BrNO3/c1-10-6-7-12(13(16)8-10)15(18)9-11-4-2-3-5-14(11)17(19)20/h2-8,15,18H,9H2,1H3. The molecule has 2 rings (SSSR count). The lowest BCUT2D eigenvalue weighted by molar-refractivity contribution is -0.385. The highest BCUT2D eigenvalue weighted by atomic mass is 79.9. The Morgan fingerprint density at radius 1 is 1.30 bits per heavy atom. The number of nitro groups is 1. The van der Waals surface area contributed by atoms with E-state index in [-0.39, 0.29) is 12.1 Å². The molecule has 1 unspecified atom stereocenters. The SMILES string of the molecule is Cc1ccc(C(O)Cc2ccccc2[N+](=O)[O-])c(Br)c1. The molecular formula is C15H14BrNO3. The number of benzene rings is 2. The van der Waals surface area contributed by atoms with Crippen molar-refractivity contribution in [2.75, 3.05) is 0 Å². The highest BCUT2D eigenvalue weighted by molar-refractivity contribution is 9.10. The molecule has 0 aliphatic heterocycles. The molecular weight excluding hydrogens is 322 g/mol. The number of aliphatic hydroxyl groups excluding tert-OH is 1. The molecule has 2 aromatic carbocycles. The summed E-state index contributed by atoms with van der Waals surface area (Å²) in [6.07, 6.45) is -0.579. The number of para-hydroxylation sites is 1. The highest BCUT2D eigenvalue weighted by Gasteiger charge is 2.18. The van der Waals surface area contributed by atoms with Gasteiger partial charge in [0.2, 0.25) is 0 Å². The number of nitro benzene ring substituents is 1. The topological polar surface area (TPSA) is 63.4 Å². The van der Waals surface area contributed by atoms with Gasteiger partial charge >= 0.3 is 0 Å². The van der Waals surface area contributed by atoms with Crippen LogP contribution in [0.25, 0.3) is 0 Å². The summed E-state index contributed by atoms with van der Waals surface area (Å²) in [4.78, 5) is 10.5. The van der Waals surface area contributed by atoms with Crippen molar-refractivity contribution in [2.45, 2.75) is 19.4 Å². The number of halogens is 1. The molecule has 2 aromatic rings. The monoisotopic (exact) mass is 335 g/mol. The average Bonchev–Trinajstić information content (AvgIpc) is 2.38. The van der Waals surface area contributed by atoms with E-state index in [1.54, 1.807) is 18.2 Å². The third-order valence-electron chi connectivity index (χ3n) is 3.12. The maximum atomic E-state index is 11.0. The lowest BCUT2D eigenvalue weighted by Crippen LogP contribution is -2.05. The molecule has 0 bridgehead atoms. The Bertz CT molecular complexity index is 643. The maximum absolute atomic E-state index is 11.0. The van der Waals surface area contributed by atoms with Crippen molar-refractivity contribution in [1.82, 2.24) is 0 Å². The summed E-state index contributed by atoms with van der Waals surface area (Å²) < 4.78 is 0.809. The van der Waals surface area contributed by atoms with Crippen LogP contribution in [0, 0.1) is 17.0 Å². The van der Waals surface area contributed by atoms with Crippen molar-refractivity contribution in [3.05, 3.63) is 73.7 Å². The van der Waals surface area contributed by atoms with Crippen molar-refractivity contribution in [3.8, 4) is 0 Å². The maximum Gasteiger partial charge on any atom is 0.272 e. The van der Waals surface area contributed by atoms with Crippen LogP contribution in [-0.2, 0) is 6.42 Å². The summed E-state index contributed by atoms with van der Waals surface area (Å²) in [7, 11) is 0. The second-order valence-corrected chi connectivity index (χ2v) is 5.49. The Kier molecular flexibility index (Phi) is 4.52. The number of rotatable bonds is 4. The lowest BCUT2D eigenvalue weighted by Gasteiger charge is -2.13. The minimum atomic E-state index is -0.786. The van der Waals surface area contributed by atoms with Crippen LogP contribution in [0.4, 0.5) is 5.69 Å². The van der Waals surface area contributed by atoms with E-state index >= 15 is 0 Å². The minimum Gasteiger partial charge on any atom is -0.388 e. The summed E-state index contributed by atoms with van der Waals surface area (Å²) in [6, 6.07) is 12.1. The Labute approximate surface area is 125 Å². The van der Waals surface area contributed by atoms with Gasteiger partial charge in [0.15, 0.2) is 0 Å². The first-order valence-electron chi connectivity index (χ1n) is 6.15. The molecule has 4 nitrogen and oxygen atoms in total. The van der Waals surface area contributed by atoms with Crippen LogP contribution in [0.5, 0.6) is 0 Å². The van der Waals surface area contributed by atoms with Crippen LogP contribution in [0.1, 0.15) is 22.8 Å². The summed E-state index contributed by atoms with van der Waals surface area (Å²) >= 11 is 3.41. The Morgan fingerprint density at radius 3 is 2.65 bits per heavy atom. The Morgan fingerprint density at radius 2 is 2.00 bits per heavy atom. The van der Waals surface area contributed by atoms with Crippen molar-refractivity contribution >= 4 is 21.6 Å². The van der Waals surface area contributed by atoms with E-state index in [9.17, 15) is 15.2 Å². The van der Waals surface area contributed by atoms with E-state index in [1.165, 1.54) is 6.07 Å². The zero-order valence-corrected chi connectivity index (χ0v) is 12.5. The van der Waals surface area contributed by atoms with Crippen LogP contribution in [0.2, 0.25) is 0 Å². The minimum absolute atomic E-state index is 0.0368. The van der Waals surface area contributed by atoms with E-state index in [4.69, 9.17) is 0 Å². The molecule has 0 heterocycles. The zero-order chi connectivity index (χ0) is 14.7.